The summed E-state index contributed by atoms with van der Waals surface area (Å²) in [5.41, 5.74) is 11.8. The van der Waals surface area contributed by atoms with E-state index in [1.165, 1.54) is 16.7 Å². The first-order valence-corrected chi connectivity index (χ1v) is 15.7. The molecule has 7 aromatic carbocycles. The lowest BCUT2D eigenvalue weighted by molar-refractivity contribution is 0.622. The summed E-state index contributed by atoms with van der Waals surface area (Å²) < 4.78 is 12.8. The van der Waals surface area contributed by atoms with Gasteiger partial charge in [-0.05, 0) is 89.0 Å². The second-order valence-electron chi connectivity index (χ2n) is 11.6. The number of oxazole rings is 1. The van der Waals surface area contributed by atoms with Gasteiger partial charge in [0.15, 0.2) is 5.58 Å². The molecule has 0 saturated heterocycles. The van der Waals surface area contributed by atoms with E-state index in [1.54, 1.807) is 0 Å². The second-order valence-corrected chi connectivity index (χ2v) is 11.6. The number of rotatable bonds is 6. The highest BCUT2D eigenvalue weighted by Crippen LogP contribution is 2.42. The summed E-state index contributed by atoms with van der Waals surface area (Å²) in [5.74, 6) is 0.594. The first kappa shape index (κ1) is 27.0. The Morgan fingerprint density at radius 1 is 0.404 bits per heavy atom. The SMILES string of the molecule is c1ccc(-c2ccc(N(c3cccc(-c4ccccc4)c3)c3ccc4oc5ccc6nc(-c7ccccc7)oc6c5c4c3)cc2)cc1. The van der Waals surface area contributed by atoms with Crippen molar-refractivity contribution in [1.29, 1.82) is 0 Å². The molecule has 4 nitrogen and oxygen atoms in total. The number of nitrogens with zero attached hydrogens (tertiary/aromatic N) is 2. The molecule has 0 saturated carbocycles. The molecule has 0 aliphatic carbocycles. The molecular formula is C43H28N2O2. The molecule has 0 amide bonds. The molecule has 4 heteroatoms. The maximum Gasteiger partial charge on any atom is 0.227 e. The molecule has 0 unspecified atom stereocenters. The average Bonchev–Trinajstić information content (AvgIpc) is 3.75. The fraction of sp³-hybridized carbons (Fsp3) is 0. The number of anilines is 3. The van der Waals surface area contributed by atoms with Gasteiger partial charge in [-0.1, -0.05) is 103 Å². The summed E-state index contributed by atoms with van der Waals surface area (Å²) in [6, 6.07) is 58.7. The molecule has 9 aromatic rings. The quantitative estimate of drug-likeness (QED) is 0.189. The average molecular weight is 605 g/mol. The molecule has 0 N–H and O–H groups in total. The van der Waals surface area contributed by atoms with Crippen LogP contribution < -0.4 is 4.90 Å². The molecular weight excluding hydrogens is 576 g/mol. The Labute approximate surface area is 271 Å². The van der Waals surface area contributed by atoms with Crippen molar-refractivity contribution < 1.29 is 8.83 Å². The van der Waals surface area contributed by atoms with Gasteiger partial charge in [0.25, 0.3) is 0 Å². The fourth-order valence-corrected chi connectivity index (χ4v) is 6.41. The molecule has 0 fully saturated rings. The Kier molecular flexibility index (Phi) is 6.43. The molecule has 0 spiro atoms. The van der Waals surface area contributed by atoms with Crippen LogP contribution in [0.5, 0.6) is 0 Å². The van der Waals surface area contributed by atoms with Gasteiger partial charge in [0.2, 0.25) is 5.89 Å². The van der Waals surface area contributed by atoms with Crippen LogP contribution in [0.3, 0.4) is 0 Å². The number of aromatic nitrogens is 1. The zero-order valence-corrected chi connectivity index (χ0v) is 25.4. The van der Waals surface area contributed by atoms with E-state index in [2.05, 4.69) is 120 Å². The standard InChI is InChI=1S/C43H28N2O2/c1-4-11-29(12-5-1)31-19-21-34(22-20-31)45(35-18-10-17-33(27-35)30-13-6-2-7-14-30)36-23-25-39-37(28-36)41-40(46-39)26-24-38-42(41)47-43(44-38)32-15-8-3-9-16-32/h1-28H. The van der Waals surface area contributed by atoms with E-state index in [0.717, 1.165) is 61.2 Å². The number of benzene rings is 7. The zero-order valence-electron chi connectivity index (χ0n) is 25.4. The van der Waals surface area contributed by atoms with Crippen molar-refractivity contribution in [1.82, 2.24) is 4.98 Å². The molecule has 222 valence electrons. The minimum absolute atomic E-state index is 0.594. The van der Waals surface area contributed by atoms with Crippen LogP contribution in [0.2, 0.25) is 0 Å². The van der Waals surface area contributed by atoms with E-state index in [0.29, 0.717) is 5.89 Å². The highest BCUT2D eigenvalue weighted by molar-refractivity contribution is 6.17. The van der Waals surface area contributed by atoms with Crippen molar-refractivity contribution in [3.8, 4) is 33.7 Å². The Bertz CT molecular complexity index is 2500. The first-order valence-electron chi connectivity index (χ1n) is 15.7. The van der Waals surface area contributed by atoms with Crippen molar-refractivity contribution in [3.05, 3.63) is 170 Å². The van der Waals surface area contributed by atoms with Crippen molar-refractivity contribution in [3.63, 3.8) is 0 Å². The smallest absolute Gasteiger partial charge is 0.227 e. The molecule has 0 atom stereocenters. The largest absolute Gasteiger partial charge is 0.456 e. The summed E-state index contributed by atoms with van der Waals surface area (Å²) in [6.45, 7) is 0. The predicted molar refractivity (Wildman–Crippen MR) is 192 cm³/mol. The summed E-state index contributed by atoms with van der Waals surface area (Å²) in [7, 11) is 0. The fourth-order valence-electron chi connectivity index (χ4n) is 6.41. The summed E-state index contributed by atoms with van der Waals surface area (Å²) >= 11 is 0. The van der Waals surface area contributed by atoms with Crippen molar-refractivity contribution >= 4 is 50.1 Å². The van der Waals surface area contributed by atoms with E-state index in [4.69, 9.17) is 13.8 Å². The van der Waals surface area contributed by atoms with Crippen LogP contribution in [0.1, 0.15) is 0 Å². The van der Waals surface area contributed by atoms with Crippen LogP contribution in [0.4, 0.5) is 17.1 Å². The number of fused-ring (bicyclic) bond motifs is 5. The second kappa shape index (κ2) is 11.2. The Balaban J connectivity index is 1.22. The van der Waals surface area contributed by atoms with Crippen LogP contribution in [0.25, 0.3) is 66.7 Å². The van der Waals surface area contributed by atoms with Crippen LogP contribution in [0.15, 0.2) is 179 Å². The normalized spacial score (nSPS) is 11.4. The van der Waals surface area contributed by atoms with Gasteiger partial charge in [-0.3, -0.25) is 0 Å². The molecule has 0 radical (unpaired) electrons. The van der Waals surface area contributed by atoms with E-state index < -0.39 is 0 Å². The Hall–Kier alpha value is -6.39. The first-order chi connectivity index (χ1) is 23.3. The van der Waals surface area contributed by atoms with Crippen molar-refractivity contribution in [2.75, 3.05) is 4.90 Å². The minimum atomic E-state index is 0.594. The van der Waals surface area contributed by atoms with Gasteiger partial charge in [0, 0.05) is 28.0 Å². The van der Waals surface area contributed by atoms with Crippen molar-refractivity contribution in [2.45, 2.75) is 0 Å². The molecule has 9 rings (SSSR count). The predicted octanol–water partition coefficient (Wildman–Crippen LogP) is 12.2. The third-order valence-corrected chi connectivity index (χ3v) is 8.69. The maximum atomic E-state index is 6.44. The van der Waals surface area contributed by atoms with Gasteiger partial charge < -0.3 is 13.7 Å². The van der Waals surface area contributed by atoms with Crippen LogP contribution in [-0.4, -0.2) is 4.98 Å². The topological polar surface area (TPSA) is 42.4 Å². The minimum Gasteiger partial charge on any atom is -0.456 e. The van der Waals surface area contributed by atoms with Crippen LogP contribution >= 0.6 is 0 Å². The Morgan fingerprint density at radius 3 is 1.70 bits per heavy atom. The number of furan rings is 1. The summed E-state index contributed by atoms with van der Waals surface area (Å²) in [6.07, 6.45) is 0. The Morgan fingerprint density at radius 2 is 0.979 bits per heavy atom. The van der Waals surface area contributed by atoms with E-state index >= 15 is 0 Å². The molecule has 0 aliphatic rings. The van der Waals surface area contributed by atoms with Gasteiger partial charge in [-0.15, -0.1) is 0 Å². The van der Waals surface area contributed by atoms with Crippen LogP contribution in [-0.2, 0) is 0 Å². The van der Waals surface area contributed by atoms with Gasteiger partial charge in [-0.25, -0.2) is 4.98 Å². The maximum absolute atomic E-state index is 6.44. The van der Waals surface area contributed by atoms with E-state index in [-0.39, 0.29) is 0 Å². The molecule has 2 heterocycles. The lowest BCUT2D eigenvalue weighted by Crippen LogP contribution is -2.10. The summed E-state index contributed by atoms with van der Waals surface area (Å²) in [5, 5.41) is 1.90. The van der Waals surface area contributed by atoms with Gasteiger partial charge in [-0.2, -0.15) is 0 Å². The van der Waals surface area contributed by atoms with E-state index in [9.17, 15) is 0 Å². The van der Waals surface area contributed by atoms with Crippen molar-refractivity contribution in [2.24, 2.45) is 0 Å². The van der Waals surface area contributed by atoms with Crippen LogP contribution in [0, 0.1) is 0 Å². The molecule has 2 aromatic heterocycles. The van der Waals surface area contributed by atoms with Gasteiger partial charge >= 0.3 is 0 Å². The van der Waals surface area contributed by atoms with Gasteiger partial charge in [0.1, 0.15) is 16.7 Å². The zero-order chi connectivity index (χ0) is 31.2. The highest BCUT2D eigenvalue weighted by atomic mass is 16.4. The number of hydrogen-bond donors (Lipinski definition) is 0. The van der Waals surface area contributed by atoms with E-state index in [1.807, 2.05) is 54.6 Å². The molecule has 47 heavy (non-hydrogen) atoms. The highest BCUT2D eigenvalue weighted by Gasteiger charge is 2.20. The summed E-state index contributed by atoms with van der Waals surface area (Å²) in [4.78, 5) is 7.13. The lowest BCUT2D eigenvalue weighted by atomic mass is 10.0. The third-order valence-electron chi connectivity index (χ3n) is 8.69. The molecule has 0 aliphatic heterocycles. The third kappa shape index (κ3) is 4.84. The molecule has 0 bridgehead atoms. The van der Waals surface area contributed by atoms with Gasteiger partial charge in [0.05, 0.1) is 5.39 Å². The lowest BCUT2D eigenvalue weighted by Gasteiger charge is -2.26. The number of hydrogen-bond acceptors (Lipinski definition) is 4. The monoisotopic (exact) mass is 604 g/mol.